The molecule has 1 aliphatic carbocycles. The van der Waals surface area contributed by atoms with E-state index in [-0.39, 0.29) is 18.3 Å². The van der Waals surface area contributed by atoms with Crippen LogP contribution in [0, 0.1) is 31.1 Å². The van der Waals surface area contributed by atoms with Gasteiger partial charge in [-0.05, 0) is 68.9 Å². The third kappa shape index (κ3) is 4.25. The maximum Gasteiger partial charge on any atom is 0.392 e. The minimum absolute atomic E-state index is 0.00531. The van der Waals surface area contributed by atoms with E-state index in [1.54, 1.807) is 36.7 Å². The van der Waals surface area contributed by atoms with Crippen LogP contribution in [-0.4, -0.2) is 33.5 Å². The van der Waals surface area contributed by atoms with Gasteiger partial charge in [-0.25, -0.2) is 9.67 Å². The number of benzene rings is 1. The Morgan fingerprint density at radius 1 is 1.26 bits per heavy atom. The van der Waals surface area contributed by atoms with Gasteiger partial charge in [-0.15, -0.1) is 0 Å². The number of nitrogens with zero attached hydrogens (tertiary/aromatic N) is 4. The predicted octanol–water partition coefficient (Wildman–Crippen LogP) is 5.54. The fraction of sp³-hybridized carbons (Fsp3) is 0.440. The number of nitrogens with one attached hydrogen (secondary N) is 1. The molecule has 2 fully saturated rings. The molecule has 1 aromatic carbocycles. The van der Waals surface area contributed by atoms with Gasteiger partial charge in [0.05, 0.1) is 22.7 Å². The number of rotatable bonds is 4. The minimum atomic E-state index is -4.27. The first-order valence-corrected chi connectivity index (χ1v) is 11.6. The first-order valence-electron chi connectivity index (χ1n) is 11.6. The normalized spacial score (nSPS) is 22.1. The molecule has 0 bridgehead atoms. The van der Waals surface area contributed by atoms with Crippen molar-refractivity contribution in [2.45, 2.75) is 57.9 Å². The van der Waals surface area contributed by atoms with Crippen molar-refractivity contribution in [1.82, 2.24) is 14.8 Å². The van der Waals surface area contributed by atoms with Crippen LogP contribution in [0.2, 0.25) is 0 Å². The van der Waals surface area contributed by atoms with Crippen LogP contribution in [-0.2, 0) is 4.74 Å². The zero-order chi connectivity index (χ0) is 24.9. The molecule has 3 unspecified atom stereocenters. The number of nitriles is 1. The molecule has 0 radical (unpaired) electrons. The highest BCUT2D eigenvalue weighted by Crippen LogP contribution is 2.57. The predicted molar refractivity (Wildman–Crippen MR) is 122 cm³/mol. The van der Waals surface area contributed by atoms with Gasteiger partial charge in [-0.1, -0.05) is 0 Å². The molecule has 3 atom stereocenters. The van der Waals surface area contributed by atoms with Crippen molar-refractivity contribution in [2.24, 2.45) is 5.92 Å². The zero-order valence-electron chi connectivity index (χ0n) is 19.3. The molecule has 7 nitrogen and oxygen atoms in total. The van der Waals surface area contributed by atoms with Crippen molar-refractivity contribution < 1.29 is 22.7 Å². The number of carbonyl (C=O) groups is 1. The summed E-state index contributed by atoms with van der Waals surface area (Å²) < 4.78 is 47.6. The van der Waals surface area contributed by atoms with E-state index in [1.807, 2.05) is 6.07 Å². The second-order valence-corrected chi connectivity index (χ2v) is 9.21. The number of ether oxygens (including phenoxy) is 1. The number of halogens is 3. The zero-order valence-corrected chi connectivity index (χ0v) is 19.3. The molecule has 2 aromatic heterocycles. The fourth-order valence-corrected chi connectivity index (χ4v) is 4.75. The topological polar surface area (TPSA) is 92.8 Å². The summed E-state index contributed by atoms with van der Waals surface area (Å²) in [5, 5.41) is 17.1. The minimum Gasteiger partial charge on any atom is -0.356 e. The molecule has 35 heavy (non-hydrogen) atoms. The number of alkyl halides is 3. The van der Waals surface area contributed by atoms with Crippen LogP contribution < -0.4 is 5.32 Å². The number of carbonyl (C=O) groups excluding carboxylic acids is 1. The summed E-state index contributed by atoms with van der Waals surface area (Å²) in [5.74, 6) is -2.58. The second-order valence-electron chi connectivity index (χ2n) is 9.21. The van der Waals surface area contributed by atoms with Gasteiger partial charge in [-0.2, -0.15) is 23.5 Å². The average Bonchev–Trinajstić information content (AvgIpc) is 3.56. The summed E-state index contributed by atoms with van der Waals surface area (Å²) in [7, 11) is 0. The maximum atomic E-state index is 13.4. The highest BCUT2D eigenvalue weighted by atomic mass is 19.4. The van der Waals surface area contributed by atoms with Crippen molar-refractivity contribution >= 4 is 22.5 Å². The van der Waals surface area contributed by atoms with Gasteiger partial charge in [0.25, 0.3) is 5.91 Å². The Labute approximate surface area is 199 Å². The quantitative estimate of drug-likeness (QED) is 0.526. The molecule has 3 heterocycles. The third-order valence-corrected chi connectivity index (χ3v) is 6.96. The largest absolute Gasteiger partial charge is 0.392 e. The Morgan fingerprint density at radius 2 is 2.06 bits per heavy atom. The first-order chi connectivity index (χ1) is 16.7. The van der Waals surface area contributed by atoms with Crippen molar-refractivity contribution in [1.29, 1.82) is 5.26 Å². The molecule has 0 spiro atoms. The molecule has 1 saturated heterocycles. The van der Waals surface area contributed by atoms with Crippen molar-refractivity contribution in [3.63, 3.8) is 0 Å². The van der Waals surface area contributed by atoms with Gasteiger partial charge < -0.3 is 10.1 Å². The first kappa shape index (κ1) is 23.3. The van der Waals surface area contributed by atoms with Gasteiger partial charge in [0.15, 0.2) is 6.23 Å². The molecule has 182 valence electrons. The summed E-state index contributed by atoms with van der Waals surface area (Å²) in [6.07, 6.45) is -0.588. The van der Waals surface area contributed by atoms with E-state index in [0.29, 0.717) is 45.6 Å². The molecule has 10 heteroatoms. The summed E-state index contributed by atoms with van der Waals surface area (Å²) >= 11 is 0. The second kappa shape index (κ2) is 8.64. The number of hydrogen-bond acceptors (Lipinski definition) is 5. The van der Waals surface area contributed by atoms with Crippen LogP contribution in [0.5, 0.6) is 0 Å². The van der Waals surface area contributed by atoms with E-state index < -0.39 is 23.9 Å². The van der Waals surface area contributed by atoms with Gasteiger partial charge >= 0.3 is 6.18 Å². The van der Waals surface area contributed by atoms with Gasteiger partial charge in [0.2, 0.25) is 0 Å². The lowest BCUT2D eigenvalue weighted by atomic mass is 10.0. The van der Waals surface area contributed by atoms with Crippen LogP contribution in [0.1, 0.15) is 70.7 Å². The number of fused-ring (bicyclic) bond motifs is 1. The molecule has 3 aromatic rings. The summed E-state index contributed by atoms with van der Waals surface area (Å²) in [6.45, 7) is 4.05. The lowest BCUT2D eigenvalue weighted by Gasteiger charge is -2.23. The van der Waals surface area contributed by atoms with Gasteiger partial charge in [0.1, 0.15) is 11.8 Å². The highest BCUT2D eigenvalue weighted by molar-refractivity contribution is 6.05. The monoisotopic (exact) mass is 483 g/mol. The van der Waals surface area contributed by atoms with Crippen LogP contribution in [0.15, 0.2) is 24.4 Å². The van der Waals surface area contributed by atoms with Crippen LogP contribution in [0.25, 0.3) is 10.9 Å². The van der Waals surface area contributed by atoms with Crippen molar-refractivity contribution in [2.75, 3.05) is 11.9 Å². The number of anilines is 1. The molecule has 1 aliphatic heterocycles. The van der Waals surface area contributed by atoms with E-state index >= 15 is 0 Å². The maximum absolute atomic E-state index is 13.4. The average molecular weight is 483 g/mol. The smallest absolute Gasteiger partial charge is 0.356 e. The lowest BCUT2D eigenvalue weighted by molar-refractivity contribution is -0.148. The van der Waals surface area contributed by atoms with E-state index in [0.717, 1.165) is 19.3 Å². The standard InChI is InChI=1S/C25H24F3N5O2/c1-13-14(2)22(30-12-15(13)11-29)24(34)31-16-6-7-20-18(9-16)23(17-10-19(17)25(26,27)28)32-33(20)21-5-3-4-8-35-21/h6-7,9,12,17,19,21H,3-5,8,10H2,1-2H3,(H,31,34). The van der Waals surface area contributed by atoms with Gasteiger partial charge in [0, 0.05) is 29.8 Å². The van der Waals surface area contributed by atoms with Crippen molar-refractivity contribution in [3.8, 4) is 6.07 Å². The van der Waals surface area contributed by atoms with Crippen LogP contribution in [0.3, 0.4) is 0 Å². The van der Waals surface area contributed by atoms with Gasteiger partial charge in [-0.3, -0.25) is 4.79 Å². The molecule has 1 amide bonds. The Hall–Kier alpha value is -3.45. The molecule has 2 aliphatic rings. The summed E-state index contributed by atoms with van der Waals surface area (Å²) in [4.78, 5) is 17.1. The number of aromatic nitrogens is 3. The van der Waals surface area contributed by atoms with Crippen molar-refractivity contribution in [3.05, 3.63) is 52.5 Å². The number of hydrogen-bond donors (Lipinski definition) is 1. The third-order valence-electron chi connectivity index (χ3n) is 6.96. The summed E-state index contributed by atoms with van der Waals surface area (Å²) in [6, 6.07) is 7.18. The Balaban J connectivity index is 1.50. The number of amides is 1. The molecular formula is C25H24F3N5O2. The van der Waals surface area contributed by atoms with E-state index in [2.05, 4.69) is 15.4 Å². The SMILES string of the molecule is Cc1c(C#N)cnc(C(=O)Nc2ccc3c(c2)c(C2CC2C(F)(F)F)nn3C2CCCCO2)c1C. The Morgan fingerprint density at radius 3 is 2.71 bits per heavy atom. The molecule has 1 saturated carbocycles. The van der Waals surface area contributed by atoms with Crippen LogP contribution >= 0.6 is 0 Å². The van der Waals surface area contributed by atoms with E-state index in [4.69, 9.17) is 4.74 Å². The Kier molecular flexibility index (Phi) is 5.75. The van der Waals surface area contributed by atoms with E-state index in [9.17, 15) is 23.2 Å². The molecule has 5 rings (SSSR count). The number of pyridine rings is 1. The Bertz CT molecular complexity index is 1350. The van der Waals surface area contributed by atoms with E-state index in [1.165, 1.54) is 6.20 Å². The lowest BCUT2D eigenvalue weighted by Crippen LogP contribution is -2.19. The fourth-order valence-electron chi connectivity index (χ4n) is 4.75. The highest BCUT2D eigenvalue weighted by Gasteiger charge is 2.57. The van der Waals surface area contributed by atoms with Crippen LogP contribution in [0.4, 0.5) is 18.9 Å². The summed E-state index contributed by atoms with van der Waals surface area (Å²) in [5.41, 5.74) is 3.35. The molecular weight excluding hydrogens is 459 g/mol. The molecule has 1 N–H and O–H groups in total.